The fourth-order valence-electron chi connectivity index (χ4n) is 1.85. The lowest BCUT2D eigenvalue weighted by Crippen LogP contribution is -2.14. The van der Waals surface area contributed by atoms with Crippen LogP contribution in [0.15, 0.2) is 29.3 Å². The Labute approximate surface area is 103 Å². The summed E-state index contributed by atoms with van der Waals surface area (Å²) in [5, 5.41) is 0. The van der Waals surface area contributed by atoms with E-state index in [1.54, 1.807) is 0 Å². The van der Waals surface area contributed by atoms with Crippen LogP contribution in [0.4, 0.5) is 4.39 Å². The SMILES string of the molecule is CCc1c(-c2cc(F)ccc2OC)nc[nH]c1=O. The molecule has 2 aromatic rings. The van der Waals surface area contributed by atoms with Gasteiger partial charge in [0.15, 0.2) is 0 Å². The Kier molecular flexibility index (Phi) is 3.41. The van der Waals surface area contributed by atoms with Crippen molar-refractivity contribution in [3.05, 3.63) is 46.3 Å². The highest BCUT2D eigenvalue weighted by molar-refractivity contribution is 5.69. The van der Waals surface area contributed by atoms with Gasteiger partial charge < -0.3 is 9.72 Å². The molecule has 0 aliphatic carbocycles. The minimum Gasteiger partial charge on any atom is -0.496 e. The monoisotopic (exact) mass is 248 g/mol. The van der Waals surface area contributed by atoms with Crippen molar-refractivity contribution in [1.29, 1.82) is 0 Å². The summed E-state index contributed by atoms with van der Waals surface area (Å²) in [4.78, 5) is 18.3. The molecular weight excluding hydrogens is 235 g/mol. The molecule has 0 fully saturated rings. The van der Waals surface area contributed by atoms with Gasteiger partial charge in [0.25, 0.3) is 5.56 Å². The van der Waals surface area contributed by atoms with E-state index in [1.807, 2.05) is 6.92 Å². The van der Waals surface area contributed by atoms with Crippen LogP contribution in [0, 0.1) is 5.82 Å². The summed E-state index contributed by atoms with van der Waals surface area (Å²) in [5.74, 6) is 0.0964. The minimum atomic E-state index is -0.394. The topological polar surface area (TPSA) is 55.0 Å². The molecular formula is C13H13FN2O2. The molecule has 0 atom stereocenters. The first kappa shape index (κ1) is 12.3. The van der Waals surface area contributed by atoms with Crippen LogP contribution in [0.3, 0.4) is 0 Å². The summed E-state index contributed by atoms with van der Waals surface area (Å²) >= 11 is 0. The number of ether oxygens (including phenoxy) is 1. The van der Waals surface area contributed by atoms with Gasteiger partial charge in [-0.05, 0) is 24.6 Å². The Morgan fingerprint density at radius 1 is 1.44 bits per heavy atom. The first-order valence-electron chi connectivity index (χ1n) is 5.57. The van der Waals surface area contributed by atoms with Crippen molar-refractivity contribution in [1.82, 2.24) is 9.97 Å². The molecule has 0 unspecified atom stereocenters. The molecule has 2 rings (SSSR count). The lowest BCUT2D eigenvalue weighted by Gasteiger charge is -2.10. The molecule has 0 saturated heterocycles. The zero-order chi connectivity index (χ0) is 13.1. The number of hydrogen-bond donors (Lipinski definition) is 1. The van der Waals surface area contributed by atoms with Crippen LogP contribution in [0.5, 0.6) is 5.75 Å². The summed E-state index contributed by atoms with van der Waals surface area (Å²) in [6, 6.07) is 4.15. The van der Waals surface area contributed by atoms with Crippen molar-refractivity contribution in [2.75, 3.05) is 7.11 Å². The van der Waals surface area contributed by atoms with Crippen LogP contribution in [0.2, 0.25) is 0 Å². The number of methoxy groups -OCH3 is 1. The molecule has 0 radical (unpaired) electrons. The third-order valence-electron chi connectivity index (χ3n) is 2.72. The van der Waals surface area contributed by atoms with Crippen molar-refractivity contribution in [3.8, 4) is 17.0 Å². The van der Waals surface area contributed by atoms with Gasteiger partial charge in [0, 0.05) is 11.1 Å². The Morgan fingerprint density at radius 2 is 2.22 bits per heavy atom. The van der Waals surface area contributed by atoms with Gasteiger partial charge in [0.1, 0.15) is 11.6 Å². The fourth-order valence-corrected chi connectivity index (χ4v) is 1.85. The lowest BCUT2D eigenvalue weighted by molar-refractivity contribution is 0.415. The largest absolute Gasteiger partial charge is 0.496 e. The van der Waals surface area contributed by atoms with Crippen molar-refractivity contribution in [2.45, 2.75) is 13.3 Å². The van der Waals surface area contributed by atoms with Crippen molar-refractivity contribution >= 4 is 0 Å². The molecule has 94 valence electrons. The molecule has 1 aromatic carbocycles. The van der Waals surface area contributed by atoms with Crippen LogP contribution in [-0.4, -0.2) is 17.1 Å². The van der Waals surface area contributed by atoms with Crippen LogP contribution in [0.25, 0.3) is 11.3 Å². The van der Waals surface area contributed by atoms with Crippen molar-refractivity contribution < 1.29 is 9.13 Å². The Morgan fingerprint density at radius 3 is 2.89 bits per heavy atom. The third-order valence-corrected chi connectivity index (χ3v) is 2.72. The Hall–Kier alpha value is -2.17. The summed E-state index contributed by atoms with van der Waals surface area (Å²) in [5.41, 5.74) is 1.24. The van der Waals surface area contributed by atoms with Crippen molar-refractivity contribution in [2.24, 2.45) is 0 Å². The second kappa shape index (κ2) is 5.00. The molecule has 0 saturated carbocycles. The number of hydrogen-bond acceptors (Lipinski definition) is 3. The van der Waals surface area contributed by atoms with Gasteiger partial charge in [-0.2, -0.15) is 0 Å². The number of aromatic nitrogens is 2. The van der Waals surface area contributed by atoms with Crippen molar-refractivity contribution in [3.63, 3.8) is 0 Å². The summed E-state index contributed by atoms with van der Waals surface area (Å²) < 4.78 is 18.5. The van der Waals surface area contributed by atoms with Gasteiger partial charge in [-0.15, -0.1) is 0 Å². The first-order valence-corrected chi connectivity index (χ1v) is 5.57. The van der Waals surface area contributed by atoms with Crippen LogP contribution >= 0.6 is 0 Å². The molecule has 18 heavy (non-hydrogen) atoms. The number of benzene rings is 1. The van der Waals surface area contributed by atoms with E-state index in [-0.39, 0.29) is 5.56 Å². The Bertz CT molecular complexity index is 623. The molecule has 5 heteroatoms. The fraction of sp³-hybridized carbons (Fsp3) is 0.231. The van der Waals surface area contributed by atoms with Crippen LogP contribution in [-0.2, 0) is 6.42 Å². The number of H-pyrrole nitrogens is 1. The van der Waals surface area contributed by atoms with Gasteiger partial charge in [0.2, 0.25) is 0 Å². The number of nitrogens with zero attached hydrogens (tertiary/aromatic N) is 1. The normalized spacial score (nSPS) is 10.4. The third kappa shape index (κ3) is 2.11. The molecule has 1 N–H and O–H groups in total. The van der Waals surface area contributed by atoms with E-state index in [9.17, 15) is 9.18 Å². The summed E-state index contributed by atoms with van der Waals surface area (Å²) in [6.45, 7) is 1.85. The maximum absolute atomic E-state index is 13.3. The van der Waals surface area contributed by atoms with E-state index in [1.165, 1.54) is 31.6 Å². The number of aromatic amines is 1. The second-order valence-electron chi connectivity index (χ2n) is 3.76. The maximum Gasteiger partial charge on any atom is 0.254 e. The average Bonchev–Trinajstić information content (AvgIpc) is 2.38. The smallest absolute Gasteiger partial charge is 0.254 e. The molecule has 4 nitrogen and oxygen atoms in total. The number of halogens is 1. The van der Waals surface area contributed by atoms with E-state index in [2.05, 4.69) is 9.97 Å². The highest BCUT2D eigenvalue weighted by Crippen LogP contribution is 2.30. The lowest BCUT2D eigenvalue weighted by atomic mass is 10.0. The predicted octanol–water partition coefficient (Wildman–Crippen LogP) is 2.15. The zero-order valence-corrected chi connectivity index (χ0v) is 10.2. The van der Waals surface area contributed by atoms with E-state index in [4.69, 9.17) is 4.74 Å². The maximum atomic E-state index is 13.3. The number of rotatable bonds is 3. The highest BCUT2D eigenvalue weighted by atomic mass is 19.1. The quantitative estimate of drug-likeness (QED) is 0.905. The second-order valence-corrected chi connectivity index (χ2v) is 3.76. The highest BCUT2D eigenvalue weighted by Gasteiger charge is 2.14. The molecule has 0 spiro atoms. The van der Waals surface area contributed by atoms with E-state index in [0.717, 1.165) is 0 Å². The van der Waals surface area contributed by atoms with Gasteiger partial charge in [-0.3, -0.25) is 4.79 Å². The van der Waals surface area contributed by atoms with E-state index in [0.29, 0.717) is 29.0 Å². The van der Waals surface area contributed by atoms with Gasteiger partial charge in [0.05, 0.1) is 19.1 Å². The van der Waals surface area contributed by atoms with Crippen LogP contribution in [0.1, 0.15) is 12.5 Å². The number of nitrogens with one attached hydrogen (secondary N) is 1. The molecule has 0 amide bonds. The van der Waals surface area contributed by atoms with Gasteiger partial charge in [-0.25, -0.2) is 9.37 Å². The first-order chi connectivity index (χ1) is 8.67. The molecule has 0 bridgehead atoms. The van der Waals surface area contributed by atoms with E-state index < -0.39 is 5.82 Å². The molecule has 1 heterocycles. The molecule has 0 aliphatic rings. The average molecular weight is 248 g/mol. The van der Waals surface area contributed by atoms with Gasteiger partial charge >= 0.3 is 0 Å². The zero-order valence-electron chi connectivity index (χ0n) is 10.2. The standard InChI is InChI=1S/C13H13FN2O2/c1-3-9-12(15-7-16-13(9)17)10-6-8(14)4-5-11(10)18-2/h4-7H,3H2,1-2H3,(H,15,16,17). The molecule has 0 aliphatic heterocycles. The molecule has 1 aromatic heterocycles. The summed E-state index contributed by atoms with van der Waals surface area (Å²) in [7, 11) is 1.50. The predicted molar refractivity (Wildman–Crippen MR) is 66.2 cm³/mol. The minimum absolute atomic E-state index is 0.214. The van der Waals surface area contributed by atoms with Gasteiger partial charge in [-0.1, -0.05) is 6.92 Å². The summed E-state index contributed by atoms with van der Waals surface area (Å²) in [6.07, 6.45) is 1.82. The van der Waals surface area contributed by atoms with E-state index >= 15 is 0 Å². The Balaban J connectivity index is 2.72. The van der Waals surface area contributed by atoms with Crippen LogP contribution < -0.4 is 10.3 Å².